The molecule has 13 heavy (non-hydrogen) atoms. The Kier molecular flexibility index (Phi) is 6.31. The van der Waals surface area contributed by atoms with Gasteiger partial charge in [0.25, 0.3) is 0 Å². The Morgan fingerprint density at radius 1 is 1.46 bits per heavy atom. The minimum Gasteiger partial charge on any atom is -0.466 e. The Morgan fingerprint density at radius 3 is 2.69 bits per heavy atom. The molecule has 0 aliphatic rings. The first-order chi connectivity index (χ1) is 6.20. The van der Waals surface area contributed by atoms with E-state index in [1.807, 2.05) is 0 Å². The van der Waals surface area contributed by atoms with Crippen LogP contribution < -0.4 is 5.32 Å². The number of rotatable bonds is 5. The third kappa shape index (κ3) is 6.86. The molecule has 0 radical (unpaired) electrons. The first-order valence-electron chi connectivity index (χ1n) is 3.84. The van der Waals surface area contributed by atoms with Gasteiger partial charge in [-0.25, -0.2) is 4.79 Å². The topological polar surface area (TPSA) is 64.6 Å². The molecule has 5 heteroatoms. The van der Waals surface area contributed by atoms with Crippen molar-refractivity contribution in [2.24, 2.45) is 0 Å². The second-order valence-electron chi connectivity index (χ2n) is 2.04. The molecule has 74 valence electrons. The third-order valence-corrected chi connectivity index (χ3v) is 1.09. The van der Waals surface area contributed by atoms with Gasteiger partial charge in [-0.15, -0.1) is 0 Å². The molecule has 0 amide bonds. The summed E-state index contributed by atoms with van der Waals surface area (Å²) in [5.74, 6) is -0.839. The Balaban J connectivity index is 3.49. The second kappa shape index (κ2) is 7.15. The van der Waals surface area contributed by atoms with Gasteiger partial charge in [0.05, 0.1) is 13.7 Å². The van der Waals surface area contributed by atoms with E-state index in [4.69, 9.17) is 0 Å². The second-order valence-corrected chi connectivity index (χ2v) is 2.04. The zero-order chi connectivity index (χ0) is 10.1. The van der Waals surface area contributed by atoms with Crippen molar-refractivity contribution in [3.05, 3.63) is 12.3 Å². The van der Waals surface area contributed by atoms with Gasteiger partial charge in [0, 0.05) is 12.3 Å². The average Bonchev–Trinajstić information content (AvgIpc) is 2.12. The molecule has 0 aliphatic heterocycles. The number of methoxy groups -OCH3 is 1. The van der Waals surface area contributed by atoms with E-state index in [1.54, 1.807) is 6.92 Å². The summed E-state index contributed by atoms with van der Waals surface area (Å²) in [6.07, 6.45) is 2.52. The Hall–Kier alpha value is -1.52. The summed E-state index contributed by atoms with van der Waals surface area (Å²) in [5.41, 5.74) is 0. The summed E-state index contributed by atoms with van der Waals surface area (Å²) in [7, 11) is 1.28. The van der Waals surface area contributed by atoms with Gasteiger partial charge in [-0.3, -0.25) is 4.79 Å². The monoisotopic (exact) mass is 187 g/mol. The van der Waals surface area contributed by atoms with Gasteiger partial charge in [-0.2, -0.15) is 0 Å². The Morgan fingerprint density at radius 2 is 2.15 bits per heavy atom. The zero-order valence-electron chi connectivity index (χ0n) is 7.70. The van der Waals surface area contributed by atoms with E-state index < -0.39 is 5.97 Å². The lowest BCUT2D eigenvalue weighted by Gasteiger charge is -2.00. The van der Waals surface area contributed by atoms with Crippen LogP contribution in [0.4, 0.5) is 0 Å². The number of esters is 2. The predicted molar refractivity (Wildman–Crippen MR) is 45.8 cm³/mol. The number of hydrogen-bond donors (Lipinski definition) is 1. The number of ether oxygens (including phenoxy) is 2. The van der Waals surface area contributed by atoms with E-state index >= 15 is 0 Å². The molecule has 1 N–H and O–H groups in total. The van der Waals surface area contributed by atoms with E-state index in [1.165, 1.54) is 19.4 Å². The van der Waals surface area contributed by atoms with Crippen molar-refractivity contribution in [2.75, 3.05) is 20.3 Å². The fraction of sp³-hybridized carbons (Fsp3) is 0.500. The molecule has 0 aromatic rings. The lowest BCUT2D eigenvalue weighted by Crippen LogP contribution is -2.20. The van der Waals surface area contributed by atoms with E-state index in [2.05, 4.69) is 14.8 Å². The normalized spacial score (nSPS) is 9.69. The van der Waals surface area contributed by atoms with Crippen molar-refractivity contribution < 1.29 is 19.1 Å². The summed E-state index contributed by atoms with van der Waals surface area (Å²) in [6.45, 7) is 2.12. The highest BCUT2D eigenvalue weighted by Crippen LogP contribution is 1.77. The molecule has 0 saturated carbocycles. The zero-order valence-corrected chi connectivity index (χ0v) is 7.70. The Bertz CT molecular complexity index is 200. The number of hydrogen-bond acceptors (Lipinski definition) is 5. The predicted octanol–water partition coefficient (Wildman–Crippen LogP) is -0.174. The highest BCUT2D eigenvalue weighted by Gasteiger charge is 1.97. The molecule has 0 aliphatic carbocycles. The van der Waals surface area contributed by atoms with Crippen LogP contribution in [0, 0.1) is 0 Å². The molecule has 0 atom stereocenters. The molecule has 0 spiro atoms. The molecular weight excluding hydrogens is 174 g/mol. The van der Waals surface area contributed by atoms with E-state index in [0.717, 1.165) is 0 Å². The fourth-order valence-corrected chi connectivity index (χ4v) is 0.549. The van der Waals surface area contributed by atoms with Gasteiger partial charge >= 0.3 is 11.9 Å². The number of carbonyl (C=O) groups excluding carboxylic acids is 2. The summed E-state index contributed by atoms with van der Waals surface area (Å²) in [4.78, 5) is 21.2. The largest absolute Gasteiger partial charge is 0.466 e. The maximum absolute atomic E-state index is 10.7. The van der Waals surface area contributed by atoms with Crippen LogP contribution in [0.25, 0.3) is 0 Å². The Labute approximate surface area is 76.7 Å². The van der Waals surface area contributed by atoms with Crippen molar-refractivity contribution in [1.29, 1.82) is 0 Å². The van der Waals surface area contributed by atoms with Crippen molar-refractivity contribution in [2.45, 2.75) is 6.92 Å². The number of nitrogens with one attached hydrogen (secondary N) is 1. The lowest BCUT2D eigenvalue weighted by molar-refractivity contribution is -0.142. The third-order valence-electron chi connectivity index (χ3n) is 1.09. The van der Waals surface area contributed by atoms with Crippen LogP contribution in [0.5, 0.6) is 0 Å². The van der Waals surface area contributed by atoms with Gasteiger partial charge in [0.2, 0.25) is 0 Å². The van der Waals surface area contributed by atoms with E-state index in [0.29, 0.717) is 6.61 Å². The molecule has 0 aromatic heterocycles. The molecule has 0 bridgehead atoms. The first kappa shape index (κ1) is 11.5. The van der Waals surface area contributed by atoms with Gasteiger partial charge in [-0.05, 0) is 6.92 Å². The van der Waals surface area contributed by atoms with Crippen LogP contribution >= 0.6 is 0 Å². The molecule has 5 nitrogen and oxygen atoms in total. The highest BCUT2D eigenvalue weighted by molar-refractivity contribution is 5.81. The first-order valence-corrected chi connectivity index (χ1v) is 3.84. The van der Waals surface area contributed by atoms with Crippen molar-refractivity contribution in [1.82, 2.24) is 5.32 Å². The maximum atomic E-state index is 10.7. The van der Waals surface area contributed by atoms with Crippen LogP contribution in [-0.4, -0.2) is 32.2 Å². The van der Waals surface area contributed by atoms with Crippen LogP contribution in [0.15, 0.2) is 12.3 Å². The summed E-state index contributed by atoms with van der Waals surface area (Å²) >= 11 is 0. The van der Waals surface area contributed by atoms with Gasteiger partial charge in [0.15, 0.2) is 0 Å². The maximum Gasteiger partial charge on any atom is 0.331 e. The van der Waals surface area contributed by atoms with Gasteiger partial charge in [-0.1, -0.05) is 0 Å². The van der Waals surface area contributed by atoms with E-state index in [9.17, 15) is 9.59 Å². The van der Waals surface area contributed by atoms with Crippen molar-refractivity contribution >= 4 is 11.9 Å². The van der Waals surface area contributed by atoms with Crippen molar-refractivity contribution in [3.63, 3.8) is 0 Å². The SMILES string of the molecule is CCOC(=O)CN/C=C/C(=O)OC. The molecular formula is C8H13NO4. The lowest BCUT2D eigenvalue weighted by atomic mass is 10.6. The standard InChI is InChI=1S/C8H13NO4/c1-3-13-8(11)6-9-5-4-7(10)12-2/h4-5,9H,3,6H2,1-2H3/b5-4+. The quantitative estimate of drug-likeness (QED) is 0.478. The van der Waals surface area contributed by atoms with E-state index in [-0.39, 0.29) is 12.5 Å². The summed E-state index contributed by atoms with van der Waals surface area (Å²) < 4.78 is 8.95. The molecule has 0 saturated heterocycles. The molecule has 0 heterocycles. The fourth-order valence-electron chi connectivity index (χ4n) is 0.549. The average molecular weight is 187 g/mol. The molecule has 0 aromatic carbocycles. The summed E-state index contributed by atoms with van der Waals surface area (Å²) in [5, 5.41) is 2.58. The molecule has 0 rings (SSSR count). The van der Waals surface area contributed by atoms with Crippen molar-refractivity contribution in [3.8, 4) is 0 Å². The minimum atomic E-state index is -0.476. The van der Waals surface area contributed by atoms with Crippen LogP contribution in [-0.2, 0) is 19.1 Å². The highest BCUT2D eigenvalue weighted by atomic mass is 16.5. The van der Waals surface area contributed by atoms with Crippen LogP contribution in [0.2, 0.25) is 0 Å². The summed E-state index contributed by atoms with van der Waals surface area (Å²) in [6, 6.07) is 0. The van der Waals surface area contributed by atoms with Crippen LogP contribution in [0.3, 0.4) is 0 Å². The molecule has 0 unspecified atom stereocenters. The van der Waals surface area contributed by atoms with Crippen LogP contribution in [0.1, 0.15) is 6.92 Å². The molecule has 0 fully saturated rings. The van der Waals surface area contributed by atoms with Gasteiger partial charge < -0.3 is 14.8 Å². The van der Waals surface area contributed by atoms with Gasteiger partial charge in [0.1, 0.15) is 6.54 Å². The smallest absolute Gasteiger partial charge is 0.331 e. The minimum absolute atomic E-state index is 0.0430. The number of carbonyl (C=O) groups is 2.